The van der Waals surface area contributed by atoms with Gasteiger partial charge in [0.15, 0.2) is 0 Å². The van der Waals surface area contributed by atoms with Crippen LogP contribution in [0.2, 0.25) is 0 Å². The number of benzene rings is 1. The zero-order chi connectivity index (χ0) is 14.0. The number of anilines is 1. The van der Waals surface area contributed by atoms with Crippen molar-refractivity contribution in [3.05, 3.63) is 29.3 Å². The van der Waals surface area contributed by atoms with Crippen LogP contribution in [0.25, 0.3) is 0 Å². The van der Waals surface area contributed by atoms with Crippen molar-refractivity contribution in [1.29, 1.82) is 0 Å². The van der Waals surface area contributed by atoms with Gasteiger partial charge in [-0.25, -0.2) is 8.78 Å². The van der Waals surface area contributed by atoms with Crippen LogP contribution in [0.1, 0.15) is 25.3 Å². The third kappa shape index (κ3) is 3.29. The highest BCUT2D eigenvalue weighted by Gasteiger charge is 2.25. The highest BCUT2D eigenvalue weighted by atomic mass is 19.1. The van der Waals surface area contributed by atoms with Crippen LogP contribution in [0, 0.1) is 24.5 Å². The van der Waals surface area contributed by atoms with E-state index in [1.807, 2.05) is 6.92 Å². The van der Waals surface area contributed by atoms with Gasteiger partial charge in [0, 0.05) is 18.0 Å². The Morgan fingerprint density at radius 2 is 2.11 bits per heavy atom. The Balaban J connectivity index is 2.08. The van der Waals surface area contributed by atoms with Gasteiger partial charge >= 0.3 is 0 Å². The SMILES string of the molecule is Cc1cc(F)c(NC(=O)C2CCNC(C)C2)cc1F. The maximum Gasteiger partial charge on any atom is 0.227 e. The lowest BCUT2D eigenvalue weighted by Crippen LogP contribution is -2.40. The minimum absolute atomic E-state index is 0.0840. The minimum atomic E-state index is -0.603. The molecule has 1 aliphatic heterocycles. The van der Waals surface area contributed by atoms with Gasteiger partial charge in [0.2, 0.25) is 5.91 Å². The molecule has 0 aromatic heterocycles. The molecule has 19 heavy (non-hydrogen) atoms. The first kappa shape index (κ1) is 13.9. The summed E-state index contributed by atoms with van der Waals surface area (Å²) in [4.78, 5) is 12.0. The first-order chi connectivity index (χ1) is 8.97. The summed E-state index contributed by atoms with van der Waals surface area (Å²) in [6.07, 6.45) is 1.42. The predicted molar refractivity (Wildman–Crippen MR) is 69.9 cm³/mol. The van der Waals surface area contributed by atoms with Crippen LogP contribution in [0.3, 0.4) is 0 Å². The summed E-state index contributed by atoms with van der Waals surface area (Å²) in [6.45, 7) is 4.26. The molecule has 1 aromatic rings. The fraction of sp³-hybridized carbons (Fsp3) is 0.500. The number of rotatable bonds is 2. The van der Waals surface area contributed by atoms with E-state index in [0.717, 1.165) is 18.7 Å². The standard InChI is InChI=1S/C14H18F2N2O/c1-8-5-12(16)13(7-11(8)15)18-14(19)10-3-4-17-9(2)6-10/h5,7,9-10,17H,3-4,6H2,1-2H3,(H,18,19). The van der Waals surface area contributed by atoms with Gasteiger partial charge in [-0.1, -0.05) is 0 Å². The molecular formula is C14H18F2N2O. The molecule has 1 fully saturated rings. The number of hydrogen-bond acceptors (Lipinski definition) is 2. The smallest absolute Gasteiger partial charge is 0.227 e. The summed E-state index contributed by atoms with van der Waals surface area (Å²) in [5.41, 5.74) is 0.144. The lowest BCUT2D eigenvalue weighted by atomic mass is 9.92. The number of piperidine rings is 1. The van der Waals surface area contributed by atoms with E-state index in [2.05, 4.69) is 10.6 Å². The lowest BCUT2D eigenvalue weighted by molar-refractivity contribution is -0.120. The van der Waals surface area contributed by atoms with Crippen molar-refractivity contribution in [3.8, 4) is 0 Å². The van der Waals surface area contributed by atoms with Crippen molar-refractivity contribution in [3.63, 3.8) is 0 Å². The van der Waals surface area contributed by atoms with Crippen molar-refractivity contribution in [2.45, 2.75) is 32.7 Å². The van der Waals surface area contributed by atoms with Crippen LogP contribution in [0.4, 0.5) is 14.5 Å². The molecule has 2 rings (SSSR count). The molecule has 1 heterocycles. The van der Waals surface area contributed by atoms with E-state index >= 15 is 0 Å². The molecule has 0 spiro atoms. The van der Waals surface area contributed by atoms with Crippen molar-refractivity contribution < 1.29 is 13.6 Å². The fourth-order valence-electron chi connectivity index (χ4n) is 2.35. The van der Waals surface area contributed by atoms with Crippen LogP contribution in [0.15, 0.2) is 12.1 Å². The second-order valence-corrected chi connectivity index (χ2v) is 5.15. The topological polar surface area (TPSA) is 41.1 Å². The fourth-order valence-corrected chi connectivity index (χ4v) is 2.35. The van der Waals surface area contributed by atoms with Crippen LogP contribution in [0.5, 0.6) is 0 Å². The molecule has 0 saturated carbocycles. The first-order valence-corrected chi connectivity index (χ1v) is 6.47. The molecule has 5 heteroatoms. The van der Waals surface area contributed by atoms with Crippen molar-refractivity contribution in [2.24, 2.45) is 5.92 Å². The van der Waals surface area contributed by atoms with Gasteiger partial charge in [-0.15, -0.1) is 0 Å². The molecular weight excluding hydrogens is 250 g/mol. The third-order valence-corrected chi connectivity index (χ3v) is 3.50. The number of carbonyl (C=O) groups is 1. The average Bonchev–Trinajstić information content (AvgIpc) is 2.36. The summed E-state index contributed by atoms with van der Waals surface area (Å²) in [6, 6.07) is 2.40. The van der Waals surface area contributed by atoms with Crippen LogP contribution in [-0.4, -0.2) is 18.5 Å². The summed E-state index contributed by atoms with van der Waals surface area (Å²) in [7, 11) is 0. The number of halogens is 2. The van der Waals surface area contributed by atoms with Crippen molar-refractivity contribution >= 4 is 11.6 Å². The van der Waals surface area contributed by atoms with E-state index in [1.165, 1.54) is 6.92 Å². The first-order valence-electron chi connectivity index (χ1n) is 6.47. The predicted octanol–water partition coefficient (Wildman–Crippen LogP) is 2.60. The Labute approximate surface area is 111 Å². The molecule has 1 aliphatic rings. The van der Waals surface area contributed by atoms with Crippen LogP contribution in [-0.2, 0) is 4.79 Å². The summed E-state index contributed by atoms with van der Waals surface area (Å²) in [5.74, 6) is -1.51. The van der Waals surface area contributed by atoms with Crippen LogP contribution < -0.4 is 10.6 Å². The molecule has 0 bridgehead atoms. The largest absolute Gasteiger partial charge is 0.323 e. The number of nitrogens with one attached hydrogen (secondary N) is 2. The van der Waals surface area contributed by atoms with E-state index in [9.17, 15) is 13.6 Å². The highest BCUT2D eigenvalue weighted by Crippen LogP contribution is 2.22. The molecule has 104 valence electrons. The molecule has 1 saturated heterocycles. The Morgan fingerprint density at radius 1 is 1.37 bits per heavy atom. The Hall–Kier alpha value is -1.49. The number of carbonyl (C=O) groups excluding carboxylic acids is 1. The molecule has 0 radical (unpaired) electrons. The minimum Gasteiger partial charge on any atom is -0.323 e. The Kier molecular flexibility index (Phi) is 4.14. The number of aryl methyl sites for hydroxylation is 1. The quantitative estimate of drug-likeness (QED) is 0.865. The second-order valence-electron chi connectivity index (χ2n) is 5.15. The molecule has 0 aliphatic carbocycles. The molecule has 2 unspecified atom stereocenters. The second kappa shape index (κ2) is 5.65. The number of hydrogen-bond donors (Lipinski definition) is 2. The van der Waals surface area contributed by atoms with Gasteiger partial charge in [-0.2, -0.15) is 0 Å². The van der Waals surface area contributed by atoms with E-state index < -0.39 is 11.6 Å². The monoisotopic (exact) mass is 268 g/mol. The maximum absolute atomic E-state index is 13.6. The van der Waals surface area contributed by atoms with Gasteiger partial charge in [-0.05, 0) is 44.9 Å². The number of amides is 1. The Morgan fingerprint density at radius 3 is 2.79 bits per heavy atom. The van der Waals surface area contributed by atoms with E-state index in [4.69, 9.17) is 0 Å². The molecule has 2 N–H and O–H groups in total. The normalized spacial score (nSPS) is 23.2. The molecule has 1 aromatic carbocycles. The van der Waals surface area contributed by atoms with Crippen LogP contribution >= 0.6 is 0 Å². The van der Waals surface area contributed by atoms with E-state index in [0.29, 0.717) is 12.8 Å². The summed E-state index contributed by atoms with van der Waals surface area (Å²) in [5, 5.41) is 5.73. The highest BCUT2D eigenvalue weighted by molar-refractivity contribution is 5.92. The average molecular weight is 268 g/mol. The van der Waals surface area contributed by atoms with Gasteiger partial charge in [0.05, 0.1) is 5.69 Å². The molecule has 2 atom stereocenters. The zero-order valence-corrected chi connectivity index (χ0v) is 11.1. The molecule has 3 nitrogen and oxygen atoms in total. The maximum atomic E-state index is 13.6. The van der Waals surface area contributed by atoms with Crippen molar-refractivity contribution in [1.82, 2.24) is 5.32 Å². The Bertz CT molecular complexity index is 491. The zero-order valence-electron chi connectivity index (χ0n) is 11.1. The van der Waals surface area contributed by atoms with Gasteiger partial charge in [0.25, 0.3) is 0 Å². The molecule has 1 amide bonds. The van der Waals surface area contributed by atoms with Gasteiger partial charge in [0.1, 0.15) is 11.6 Å². The third-order valence-electron chi connectivity index (χ3n) is 3.50. The van der Waals surface area contributed by atoms with Gasteiger partial charge < -0.3 is 10.6 Å². The lowest BCUT2D eigenvalue weighted by Gasteiger charge is -2.27. The van der Waals surface area contributed by atoms with E-state index in [-0.39, 0.29) is 29.1 Å². The summed E-state index contributed by atoms with van der Waals surface area (Å²) >= 11 is 0. The van der Waals surface area contributed by atoms with Gasteiger partial charge in [-0.3, -0.25) is 4.79 Å². The van der Waals surface area contributed by atoms with E-state index in [1.54, 1.807) is 0 Å². The summed E-state index contributed by atoms with van der Waals surface area (Å²) < 4.78 is 27.0. The van der Waals surface area contributed by atoms with Crippen molar-refractivity contribution in [2.75, 3.05) is 11.9 Å².